The van der Waals surface area contributed by atoms with E-state index < -0.39 is 0 Å². The second-order valence-corrected chi connectivity index (χ2v) is 7.44. The van der Waals surface area contributed by atoms with Gasteiger partial charge >= 0.3 is 0 Å². The number of nitrogens with two attached hydrogens (primary N) is 1. The van der Waals surface area contributed by atoms with Crippen LogP contribution >= 0.6 is 0 Å². The van der Waals surface area contributed by atoms with Crippen LogP contribution in [0, 0.1) is 5.92 Å². The van der Waals surface area contributed by atoms with Crippen LogP contribution in [-0.4, -0.2) is 10.9 Å². The molecule has 0 spiro atoms. The van der Waals surface area contributed by atoms with Gasteiger partial charge < -0.3 is 15.8 Å². The van der Waals surface area contributed by atoms with Gasteiger partial charge in [0, 0.05) is 12.7 Å². The molecule has 0 radical (unpaired) electrons. The van der Waals surface area contributed by atoms with Crippen molar-refractivity contribution in [2.24, 2.45) is 5.92 Å². The van der Waals surface area contributed by atoms with Crippen molar-refractivity contribution >= 4 is 11.7 Å². The molecule has 0 aliphatic rings. The van der Waals surface area contributed by atoms with Crippen molar-refractivity contribution < 1.29 is 9.53 Å². The van der Waals surface area contributed by atoms with Crippen LogP contribution in [0.25, 0.3) is 0 Å². The van der Waals surface area contributed by atoms with Gasteiger partial charge in [0.25, 0.3) is 5.91 Å². The van der Waals surface area contributed by atoms with Gasteiger partial charge in [-0.05, 0) is 66.3 Å². The Balaban J connectivity index is 1.52. The fourth-order valence-corrected chi connectivity index (χ4v) is 2.88. The second-order valence-electron chi connectivity index (χ2n) is 7.44. The third-order valence-electron chi connectivity index (χ3n) is 4.63. The van der Waals surface area contributed by atoms with Crippen LogP contribution < -0.4 is 15.8 Å². The number of aryl methyl sites for hydroxylation is 1. The molecular formula is C24H27N3O2. The van der Waals surface area contributed by atoms with E-state index in [1.54, 1.807) is 18.3 Å². The molecule has 0 aliphatic carbocycles. The van der Waals surface area contributed by atoms with Crippen molar-refractivity contribution in [2.45, 2.75) is 33.2 Å². The fourth-order valence-electron chi connectivity index (χ4n) is 2.88. The van der Waals surface area contributed by atoms with Crippen molar-refractivity contribution in [2.75, 3.05) is 5.73 Å². The van der Waals surface area contributed by atoms with Gasteiger partial charge in [0.2, 0.25) is 0 Å². The Kier molecular flexibility index (Phi) is 6.85. The van der Waals surface area contributed by atoms with Crippen LogP contribution in [-0.2, 0) is 13.0 Å². The number of nitrogens with one attached hydrogen (secondary N) is 1. The van der Waals surface area contributed by atoms with Crippen LogP contribution in [0.15, 0.2) is 66.9 Å². The van der Waals surface area contributed by atoms with Crippen molar-refractivity contribution in [3.05, 3.63) is 83.6 Å². The molecule has 29 heavy (non-hydrogen) atoms. The lowest BCUT2D eigenvalue weighted by Gasteiger charge is -2.10. The first-order valence-corrected chi connectivity index (χ1v) is 9.85. The normalized spacial score (nSPS) is 10.7. The van der Waals surface area contributed by atoms with Gasteiger partial charge in [0.15, 0.2) is 0 Å². The number of rotatable bonds is 8. The zero-order valence-corrected chi connectivity index (χ0v) is 16.9. The predicted octanol–water partition coefficient (Wildman–Crippen LogP) is 4.97. The molecule has 0 bridgehead atoms. The average molecular weight is 389 g/mol. The van der Waals surface area contributed by atoms with E-state index in [0.29, 0.717) is 18.0 Å². The Morgan fingerprint density at radius 3 is 2.21 bits per heavy atom. The number of benzene rings is 2. The molecule has 0 saturated carbocycles. The Morgan fingerprint density at radius 1 is 1.00 bits per heavy atom. The van der Waals surface area contributed by atoms with Crippen LogP contribution in [0.5, 0.6) is 11.5 Å². The van der Waals surface area contributed by atoms with Crippen LogP contribution in [0.4, 0.5) is 5.82 Å². The number of carbonyl (C=O) groups is 1. The molecule has 0 atom stereocenters. The van der Waals surface area contributed by atoms with E-state index >= 15 is 0 Å². The van der Waals surface area contributed by atoms with Gasteiger partial charge in [-0.2, -0.15) is 0 Å². The largest absolute Gasteiger partial charge is 0.457 e. The van der Waals surface area contributed by atoms with Gasteiger partial charge in [-0.15, -0.1) is 0 Å². The van der Waals surface area contributed by atoms with E-state index in [1.165, 1.54) is 12.0 Å². The molecule has 3 N–H and O–H groups in total. The number of hydrogen-bond acceptors (Lipinski definition) is 4. The third-order valence-corrected chi connectivity index (χ3v) is 4.63. The summed E-state index contributed by atoms with van der Waals surface area (Å²) in [5.74, 6) is 2.26. The van der Waals surface area contributed by atoms with Crippen LogP contribution in [0.1, 0.15) is 41.8 Å². The highest BCUT2D eigenvalue weighted by molar-refractivity contribution is 5.98. The van der Waals surface area contributed by atoms with E-state index in [4.69, 9.17) is 10.5 Å². The van der Waals surface area contributed by atoms with Gasteiger partial charge in [0.1, 0.15) is 17.3 Å². The maximum Gasteiger partial charge on any atom is 0.255 e. The molecule has 0 aliphatic heterocycles. The minimum absolute atomic E-state index is 0.226. The molecule has 150 valence electrons. The third kappa shape index (κ3) is 6.07. The van der Waals surface area contributed by atoms with Crippen molar-refractivity contribution in [3.8, 4) is 11.5 Å². The summed E-state index contributed by atoms with van der Waals surface area (Å²) in [5, 5.41) is 2.85. The average Bonchev–Trinajstić information content (AvgIpc) is 2.73. The number of nitrogens with zero attached hydrogens (tertiary/aromatic N) is 1. The number of nitrogen functional groups attached to an aromatic ring is 1. The number of amides is 1. The number of ether oxygens (including phenoxy) is 1. The number of pyridine rings is 1. The fraction of sp³-hybridized carbons (Fsp3) is 0.250. The quantitative estimate of drug-likeness (QED) is 0.570. The highest BCUT2D eigenvalue weighted by Gasteiger charge is 2.09. The van der Waals surface area contributed by atoms with Crippen molar-refractivity contribution in [3.63, 3.8) is 0 Å². The SMILES string of the molecule is CC(C)CCc1ccc(Oc2ccc(CNC(=O)c3cccnc3N)cc2)cc1. The Morgan fingerprint density at radius 2 is 1.62 bits per heavy atom. The first-order valence-electron chi connectivity index (χ1n) is 9.85. The molecule has 2 aromatic carbocycles. The summed E-state index contributed by atoms with van der Waals surface area (Å²) >= 11 is 0. The summed E-state index contributed by atoms with van der Waals surface area (Å²) in [6.45, 7) is 4.87. The van der Waals surface area contributed by atoms with E-state index in [2.05, 4.69) is 36.3 Å². The lowest BCUT2D eigenvalue weighted by Crippen LogP contribution is -2.24. The first kappa shape index (κ1) is 20.4. The monoisotopic (exact) mass is 389 g/mol. The molecule has 5 nitrogen and oxygen atoms in total. The maximum absolute atomic E-state index is 12.2. The van der Waals surface area contributed by atoms with Crippen LogP contribution in [0.3, 0.4) is 0 Å². The van der Waals surface area contributed by atoms with E-state index in [1.807, 2.05) is 36.4 Å². The summed E-state index contributed by atoms with van der Waals surface area (Å²) in [7, 11) is 0. The molecule has 0 unspecified atom stereocenters. The summed E-state index contributed by atoms with van der Waals surface area (Å²) < 4.78 is 5.91. The summed E-state index contributed by atoms with van der Waals surface area (Å²) in [4.78, 5) is 16.1. The Hall–Kier alpha value is -3.34. The van der Waals surface area contributed by atoms with E-state index in [9.17, 15) is 4.79 Å². The molecule has 1 aromatic heterocycles. The highest BCUT2D eigenvalue weighted by Crippen LogP contribution is 2.23. The van der Waals surface area contributed by atoms with E-state index in [-0.39, 0.29) is 11.7 Å². The number of carbonyl (C=O) groups excluding carboxylic acids is 1. The minimum atomic E-state index is -0.242. The van der Waals surface area contributed by atoms with Gasteiger partial charge in [-0.25, -0.2) is 4.98 Å². The zero-order valence-electron chi connectivity index (χ0n) is 16.9. The van der Waals surface area contributed by atoms with Gasteiger partial charge in [-0.1, -0.05) is 38.1 Å². The Bertz CT molecular complexity index is 935. The lowest BCUT2D eigenvalue weighted by molar-refractivity contribution is 0.0951. The maximum atomic E-state index is 12.2. The molecule has 0 fully saturated rings. The van der Waals surface area contributed by atoms with Crippen molar-refractivity contribution in [1.82, 2.24) is 10.3 Å². The first-order chi connectivity index (χ1) is 14.0. The molecule has 1 amide bonds. The smallest absolute Gasteiger partial charge is 0.255 e. The molecule has 3 rings (SSSR count). The summed E-state index contributed by atoms with van der Waals surface area (Å²) in [6.07, 6.45) is 3.83. The number of hydrogen-bond donors (Lipinski definition) is 2. The lowest BCUT2D eigenvalue weighted by atomic mass is 10.0. The zero-order chi connectivity index (χ0) is 20.6. The molecule has 0 saturated heterocycles. The molecule has 3 aromatic rings. The van der Waals surface area contributed by atoms with E-state index in [0.717, 1.165) is 23.5 Å². The van der Waals surface area contributed by atoms with Gasteiger partial charge in [0.05, 0.1) is 5.56 Å². The minimum Gasteiger partial charge on any atom is -0.457 e. The van der Waals surface area contributed by atoms with Crippen LogP contribution in [0.2, 0.25) is 0 Å². The Labute approximate surface area is 171 Å². The summed E-state index contributed by atoms with van der Waals surface area (Å²) in [5.41, 5.74) is 8.41. The standard InChI is InChI=1S/C24H27N3O2/c1-17(2)5-6-18-7-11-20(12-8-18)29-21-13-9-19(10-14-21)16-27-24(28)22-4-3-15-26-23(22)25/h3-4,7-15,17H,5-6,16H2,1-2H3,(H2,25,26)(H,27,28). The van der Waals surface area contributed by atoms with Crippen molar-refractivity contribution in [1.29, 1.82) is 0 Å². The molecule has 5 heteroatoms. The number of aromatic nitrogens is 1. The second kappa shape index (κ2) is 9.73. The highest BCUT2D eigenvalue weighted by atomic mass is 16.5. The molecular weight excluding hydrogens is 362 g/mol. The predicted molar refractivity (Wildman–Crippen MR) is 116 cm³/mol. The summed E-state index contributed by atoms with van der Waals surface area (Å²) in [6, 6.07) is 19.2. The molecule has 1 heterocycles. The van der Waals surface area contributed by atoms with Gasteiger partial charge in [-0.3, -0.25) is 4.79 Å². The number of anilines is 1. The topological polar surface area (TPSA) is 77.2 Å².